The molecule has 1 aliphatic heterocycles. The molecular weight excluding hydrogens is 230 g/mol. The van der Waals surface area contributed by atoms with Gasteiger partial charge in [-0.15, -0.1) is 0 Å². The quantitative estimate of drug-likeness (QED) is 0.657. The average molecular weight is 253 g/mol. The molecule has 1 atom stereocenters. The fraction of sp³-hybridized carbons (Fsp3) is 0.846. The number of ether oxygens (including phenoxy) is 1. The lowest BCUT2D eigenvalue weighted by molar-refractivity contribution is -0.144. The van der Waals surface area contributed by atoms with Gasteiger partial charge in [0.05, 0.1) is 25.3 Å². The molecule has 1 heterocycles. The van der Waals surface area contributed by atoms with Gasteiger partial charge in [0.15, 0.2) is 0 Å². The Bertz CT molecular complexity index is 293. The molecule has 1 rings (SSSR count). The normalized spacial score (nSPS) is 19.2. The summed E-state index contributed by atoms with van der Waals surface area (Å²) in [6.07, 6.45) is 1.95. The van der Waals surface area contributed by atoms with E-state index in [1.165, 1.54) is 0 Å². The molecule has 1 aliphatic rings. The van der Waals surface area contributed by atoms with Crippen LogP contribution in [0.4, 0.5) is 0 Å². The van der Waals surface area contributed by atoms with E-state index in [0.29, 0.717) is 13.2 Å². The molecule has 0 radical (unpaired) electrons. The zero-order valence-electron chi connectivity index (χ0n) is 11.4. The number of hydrogen-bond acceptors (Lipinski definition) is 5. The summed E-state index contributed by atoms with van der Waals surface area (Å²) >= 11 is 0. The summed E-state index contributed by atoms with van der Waals surface area (Å²) in [6, 6.07) is 2.39. The Kier molecular flexibility index (Phi) is 6.69. The number of nitriles is 1. The van der Waals surface area contributed by atoms with Crippen molar-refractivity contribution >= 4 is 5.97 Å². The van der Waals surface area contributed by atoms with Crippen molar-refractivity contribution in [2.45, 2.75) is 32.7 Å². The molecule has 1 unspecified atom stereocenters. The van der Waals surface area contributed by atoms with Gasteiger partial charge in [-0.2, -0.15) is 5.26 Å². The first-order valence-corrected chi connectivity index (χ1v) is 6.72. The number of piperazine rings is 1. The van der Waals surface area contributed by atoms with Crippen LogP contribution in [0.5, 0.6) is 0 Å². The van der Waals surface area contributed by atoms with E-state index >= 15 is 0 Å². The van der Waals surface area contributed by atoms with Gasteiger partial charge in [0.1, 0.15) is 0 Å². The monoisotopic (exact) mass is 253 g/mol. The molecule has 0 aliphatic carbocycles. The Labute approximate surface area is 109 Å². The molecule has 0 N–H and O–H groups in total. The van der Waals surface area contributed by atoms with Crippen LogP contribution >= 0.6 is 0 Å². The van der Waals surface area contributed by atoms with Gasteiger partial charge >= 0.3 is 5.97 Å². The fourth-order valence-electron chi connectivity index (χ4n) is 2.22. The SMILES string of the molecule is CCCC(C#N)N1CCN(CC(=O)OCC)CC1. The third-order valence-electron chi connectivity index (χ3n) is 3.22. The summed E-state index contributed by atoms with van der Waals surface area (Å²) < 4.78 is 4.93. The topological polar surface area (TPSA) is 56.6 Å². The highest BCUT2D eigenvalue weighted by molar-refractivity contribution is 5.71. The van der Waals surface area contributed by atoms with Crippen molar-refractivity contribution in [2.24, 2.45) is 0 Å². The molecule has 0 spiro atoms. The summed E-state index contributed by atoms with van der Waals surface area (Å²) in [6.45, 7) is 8.11. The van der Waals surface area contributed by atoms with E-state index in [4.69, 9.17) is 10.00 Å². The predicted molar refractivity (Wildman–Crippen MR) is 69.0 cm³/mol. The molecule has 102 valence electrons. The van der Waals surface area contributed by atoms with E-state index < -0.39 is 0 Å². The number of carbonyl (C=O) groups is 1. The lowest BCUT2D eigenvalue weighted by atomic mass is 10.1. The third-order valence-corrected chi connectivity index (χ3v) is 3.22. The minimum absolute atomic E-state index is 0.0275. The molecular formula is C13H23N3O2. The summed E-state index contributed by atoms with van der Waals surface area (Å²) in [7, 11) is 0. The van der Waals surface area contributed by atoms with Gasteiger partial charge in [0, 0.05) is 26.2 Å². The van der Waals surface area contributed by atoms with Crippen LogP contribution < -0.4 is 0 Å². The van der Waals surface area contributed by atoms with Gasteiger partial charge in [0.25, 0.3) is 0 Å². The molecule has 0 amide bonds. The molecule has 0 aromatic carbocycles. The van der Waals surface area contributed by atoms with Crippen LogP contribution in [0.25, 0.3) is 0 Å². The largest absolute Gasteiger partial charge is 0.465 e. The van der Waals surface area contributed by atoms with E-state index in [-0.39, 0.29) is 12.0 Å². The molecule has 0 aromatic rings. The third kappa shape index (κ3) is 4.63. The van der Waals surface area contributed by atoms with Crippen LogP contribution in [-0.4, -0.2) is 61.1 Å². The summed E-state index contributed by atoms with van der Waals surface area (Å²) in [5, 5.41) is 9.11. The Hall–Kier alpha value is -1.12. The Morgan fingerprint density at radius 3 is 2.50 bits per heavy atom. The first-order valence-electron chi connectivity index (χ1n) is 6.72. The summed E-state index contributed by atoms with van der Waals surface area (Å²) in [4.78, 5) is 15.7. The van der Waals surface area contributed by atoms with Crippen LogP contribution in [0.2, 0.25) is 0 Å². The molecule has 1 saturated heterocycles. The van der Waals surface area contributed by atoms with Crippen LogP contribution in [-0.2, 0) is 9.53 Å². The molecule has 5 heteroatoms. The van der Waals surface area contributed by atoms with Crippen molar-refractivity contribution in [3.63, 3.8) is 0 Å². The van der Waals surface area contributed by atoms with Gasteiger partial charge in [-0.3, -0.25) is 14.6 Å². The van der Waals surface area contributed by atoms with E-state index in [9.17, 15) is 4.79 Å². The molecule has 0 bridgehead atoms. The number of carbonyl (C=O) groups excluding carboxylic acids is 1. The van der Waals surface area contributed by atoms with Crippen molar-refractivity contribution in [1.82, 2.24) is 9.80 Å². The first kappa shape index (κ1) is 14.9. The number of rotatable bonds is 6. The van der Waals surface area contributed by atoms with E-state index in [0.717, 1.165) is 39.0 Å². The van der Waals surface area contributed by atoms with Crippen molar-refractivity contribution in [2.75, 3.05) is 39.3 Å². The summed E-state index contributed by atoms with van der Waals surface area (Å²) in [5.74, 6) is -0.156. The van der Waals surface area contributed by atoms with Gasteiger partial charge in [-0.1, -0.05) is 13.3 Å². The van der Waals surface area contributed by atoms with Crippen molar-refractivity contribution in [3.05, 3.63) is 0 Å². The van der Waals surface area contributed by atoms with Crippen molar-refractivity contribution < 1.29 is 9.53 Å². The van der Waals surface area contributed by atoms with Crippen LogP contribution in [0.1, 0.15) is 26.7 Å². The molecule has 0 aromatic heterocycles. The highest BCUT2D eigenvalue weighted by Gasteiger charge is 2.24. The van der Waals surface area contributed by atoms with E-state index in [1.807, 2.05) is 6.92 Å². The zero-order valence-corrected chi connectivity index (χ0v) is 11.4. The maximum Gasteiger partial charge on any atom is 0.320 e. The second-order valence-electron chi connectivity index (χ2n) is 4.55. The number of esters is 1. The van der Waals surface area contributed by atoms with Crippen molar-refractivity contribution in [1.29, 1.82) is 5.26 Å². The van der Waals surface area contributed by atoms with Crippen molar-refractivity contribution in [3.8, 4) is 6.07 Å². The standard InChI is InChI=1S/C13H23N3O2/c1-3-5-12(10-14)16-8-6-15(7-9-16)11-13(17)18-4-2/h12H,3-9,11H2,1-2H3. The van der Waals surface area contributed by atoms with Gasteiger partial charge in [-0.25, -0.2) is 0 Å². The Morgan fingerprint density at radius 1 is 1.33 bits per heavy atom. The average Bonchev–Trinajstić information content (AvgIpc) is 2.37. The Morgan fingerprint density at radius 2 is 2.00 bits per heavy atom. The van der Waals surface area contributed by atoms with Crippen LogP contribution in [0.15, 0.2) is 0 Å². The minimum Gasteiger partial charge on any atom is -0.465 e. The smallest absolute Gasteiger partial charge is 0.320 e. The molecule has 18 heavy (non-hydrogen) atoms. The molecule has 5 nitrogen and oxygen atoms in total. The lowest BCUT2D eigenvalue weighted by Crippen LogP contribution is -2.51. The molecule has 0 saturated carbocycles. The van der Waals surface area contributed by atoms with Gasteiger partial charge < -0.3 is 4.74 Å². The second kappa shape index (κ2) is 8.06. The van der Waals surface area contributed by atoms with Gasteiger partial charge in [-0.05, 0) is 13.3 Å². The van der Waals surface area contributed by atoms with Gasteiger partial charge in [0.2, 0.25) is 0 Å². The maximum atomic E-state index is 11.4. The predicted octanol–water partition coefficient (Wildman–Crippen LogP) is 0.859. The zero-order chi connectivity index (χ0) is 13.4. The van der Waals surface area contributed by atoms with Crippen LogP contribution in [0, 0.1) is 11.3 Å². The lowest BCUT2D eigenvalue weighted by Gasteiger charge is -2.36. The van der Waals surface area contributed by atoms with Crippen LogP contribution in [0.3, 0.4) is 0 Å². The highest BCUT2D eigenvalue weighted by atomic mass is 16.5. The highest BCUT2D eigenvalue weighted by Crippen LogP contribution is 2.10. The molecule has 1 fully saturated rings. The summed E-state index contributed by atoms with van der Waals surface area (Å²) in [5.41, 5.74) is 0. The minimum atomic E-state index is -0.156. The maximum absolute atomic E-state index is 11.4. The van der Waals surface area contributed by atoms with E-state index in [1.54, 1.807) is 0 Å². The Balaban J connectivity index is 2.32. The number of nitrogens with zero attached hydrogens (tertiary/aromatic N) is 3. The van der Waals surface area contributed by atoms with E-state index in [2.05, 4.69) is 22.8 Å². The fourth-order valence-corrected chi connectivity index (χ4v) is 2.22. The first-order chi connectivity index (χ1) is 8.71. The second-order valence-corrected chi connectivity index (χ2v) is 4.55. The number of hydrogen-bond donors (Lipinski definition) is 0.